The molecule has 1 saturated heterocycles. The quantitative estimate of drug-likeness (QED) is 0.680. The Hall–Kier alpha value is -2.44. The molecule has 148 valence electrons. The number of Topliss-reactive ketones (excluding diaryl/α,β-unsaturated/α-hetero) is 1. The highest BCUT2D eigenvalue weighted by molar-refractivity contribution is 5.94. The van der Waals surface area contributed by atoms with Crippen LogP contribution >= 0.6 is 0 Å². The van der Waals surface area contributed by atoms with E-state index in [-0.39, 0.29) is 23.5 Å². The van der Waals surface area contributed by atoms with Crippen molar-refractivity contribution in [1.82, 2.24) is 15.2 Å². The third-order valence-electron chi connectivity index (χ3n) is 4.59. The highest BCUT2D eigenvalue weighted by Crippen LogP contribution is 2.22. The summed E-state index contributed by atoms with van der Waals surface area (Å²) in [5.74, 6) is 1.07. The summed E-state index contributed by atoms with van der Waals surface area (Å²) in [4.78, 5) is 41.9. The van der Waals surface area contributed by atoms with Crippen molar-refractivity contribution >= 4 is 23.4 Å². The van der Waals surface area contributed by atoms with Crippen LogP contribution in [0.5, 0.6) is 0 Å². The van der Waals surface area contributed by atoms with E-state index >= 15 is 0 Å². The minimum Gasteiger partial charge on any atom is -0.368 e. The van der Waals surface area contributed by atoms with Gasteiger partial charge >= 0.3 is 0 Å². The van der Waals surface area contributed by atoms with Crippen LogP contribution in [0.15, 0.2) is 18.3 Å². The zero-order valence-electron chi connectivity index (χ0n) is 16.5. The number of piperidine rings is 1. The molecular weight excluding hydrogens is 344 g/mol. The van der Waals surface area contributed by atoms with E-state index in [1.807, 2.05) is 13.8 Å². The first-order chi connectivity index (χ1) is 12.9. The van der Waals surface area contributed by atoms with E-state index in [0.717, 1.165) is 12.8 Å². The summed E-state index contributed by atoms with van der Waals surface area (Å²) in [5.41, 5.74) is 0.527. The van der Waals surface area contributed by atoms with Crippen LogP contribution in [0.2, 0.25) is 0 Å². The first kappa shape index (κ1) is 20.9. The summed E-state index contributed by atoms with van der Waals surface area (Å²) < 4.78 is 0. The van der Waals surface area contributed by atoms with Crippen molar-refractivity contribution in [1.29, 1.82) is 0 Å². The Bertz CT molecular complexity index is 658. The molecule has 1 aromatic heterocycles. The molecule has 1 aromatic rings. The van der Waals surface area contributed by atoms with E-state index < -0.39 is 0 Å². The first-order valence-corrected chi connectivity index (χ1v) is 9.63. The van der Waals surface area contributed by atoms with E-state index in [9.17, 15) is 14.4 Å². The Kier molecular flexibility index (Phi) is 7.76. The fourth-order valence-electron chi connectivity index (χ4n) is 3.23. The Morgan fingerprint density at radius 2 is 2.04 bits per heavy atom. The van der Waals surface area contributed by atoms with Crippen molar-refractivity contribution in [2.75, 3.05) is 31.5 Å². The molecule has 0 aromatic carbocycles. The monoisotopic (exact) mass is 374 g/mol. The van der Waals surface area contributed by atoms with Gasteiger partial charge in [0.2, 0.25) is 5.91 Å². The van der Waals surface area contributed by atoms with Crippen molar-refractivity contribution < 1.29 is 14.4 Å². The second kappa shape index (κ2) is 10.0. The SMILES string of the molecule is CC(=O)NCCNc1ccc(C(=O)N2CCCC(C(=O)CC(C)C)C2)cn1. The third-order valence-corrected chi connectivity index (χ3v) is 4.59. The van der Waals surface area contributed by atoms with E-state index in [1.165, 1.54) is 6.92 Å². The number of rotatable bonds is 8. The van der Waals surface area contributed by atoms with Crippen LogP contribution < -0.4 is 10.6 Å². The zero-order valence-corrected chi connectivity index (χ0v) is 16.5. The maximum absolute atomic E-state index is 12.7. The van der Waals surface area contributed by atoms with Crippen molar-refractivity contribution in [2.45, 2.75) is 40.0 Å². The van der Waals surface area contributed by atoms with Gasteiger partial charge in [-0.1, -0.05) is 13.8 Å². The number of hydrogen-bond donors (Lipinski definition) is 2. The molecule has 1 aliphatic heterocycles. The molecule has 7 nitrogen and oxygen atoms in total. The lowest BCUT2D eigenvalue weighted by molar-refractivity contribution is -0.125. The number of anilines is 1. The zero-order chi connectivity index (χ0) is 19.8. The fourth-order valence-corrected chi connectivity index (χ4v) is 3.23. The molecule has 2 N–H and O–H groups in total. The summed E-state index contributed by atoms with van der Waals surface area (Å²) in [6.45, 7) is 7.81. The molecule has 1 fully saturated rings. The van der Waals surface area contributed by atoms with Gasteiger partial charge in [0.05, 0.1) is 5.56 Å². The molecule has 0 saturated carbocycles. The molecule has 2 heterocycles. The third kappa shape index (κ3) is 6.66. The number of pyridine rings is 1. The molecule has 0 radical (unpaired) electrons. The van der Waals surface area contributed by atoms with Crippen molar-refractivity contribution in [2.24, 2.45) is 11.8 Å². The molecule has 0 bridgehead atoms. The van der Waals surface area contributed by atoms with Gasteiger partial charge in [-0.25, -0.2) is 4.98 Å². The molecule has 27 heavy (non-hydrogen) atoms. The van der Waals surface area contributed by atoms with Crippen LogP contribution in [0.4, 0.5) is 5.82 Å². The van der Waals surface area contributed by atoms with Gasteiger partial charge in [-0.05, 0) is 30.9 Å². The van der Waals surface area contributed by atoms with Gasteiger partial charge < -0.3 is 15.5 Å². The Labute approximate surface area is 160 Å². The summed E-state index contributed by atoms with van der Waals surface area (Å²) in [6, 6.07) is 3.50. The Morgan fingerprint density at radius 3 is 2.67 bits per heavy atom. The lowest BCUT2D eigenvalue weighted by Crippen LogP contribution is -2.42. The number of aromatic nitrogens is 1. The van der Waals surface area contributed by atoms with Crippen LogP contribution in [0.25, 0.3) is 0 Å². The summed E-state index contributed by atoms with van der Waals surface area (Å²) in [5, 5.41) is 5.79. The van der Waals surface area contributed by atoms with Gasteiger partial charge in [-0.3, -0.25) is 14.4 Å². The Morgan fingerprint density at radius 1 is 1.26 bits per heavy atom. The predicted octanol–water partition coefficient (Wildman–Crippen LogP) is 2.10. The highest BCUT2D eigenvalue weighted by Gasteiger charge is 2.29. The number of nitrogens with one attached hydrogen (secondary N) is 2. The fraction of sp³-hybridized carbons (Fsp3) is 0.600. The largest absolute Gasteiger partial charge is 0.368 e. The van der Waals surface area contributed by atoms with Gasteiger partial charge in [-0.2, -0.15) is 0 Å². The summed E-state index contributed by atoms with van der Waals surface area (Å²) >= 11 is 0. The molecule has 2 amide bonds. The molecule has 1 unspecified atom stereocenters. The number of nitrogens with zero attached hydrogens (tertiary/aromatic N) is 2. The number of ketones is 1. The van der Waals surface area contributed by atoms with Gasteiger partial charge in [0.1, 0.15) is 11.6 Å². The second-order valence-electron chi connectivity index (χ2n) is 7.50. The van der Waals surface area contributed by atoms with E-state index in [1.54, 1.807) is 23.2 Å². The molecule has 0 aliphatic carbocycles. The standard InChI is InChI=1S/C20H30N4O3/c1-14(2)11-18(26)17-5-4-10-24(13-17)20(27)16-6-7-19(23-12-16)22-9-8-21-15(3)25/h6-7,12,14,17H,4-5,8-11,13H2,1-3H3,(H,21,25)(H,22,23). The average molecular weight is 374 g/mol. The van der Waals surface area contributed by atoms with E-state index in [2.05, 4.69) is 15.6 Å². The van der Waals surface area contributed by atoms with Crippen LogP contribution in [-0.4, -0.2) is 53.7 Å². The van der Waals surface area contributed by atoms with Crippen molar-refractivity contribution in [3.63, 3.8) is 0 Å². The van der Waals surface area contributed by atoms with Crippen LogP contribution in [0.3, 0.4) is 0 Å². The second-order valence-corrected chi connectivity index (χ2v) is 7.50. The first-order valence-electron chi connectivity index (χ1n) is 9.63. The highest BCUT2D eigenvalue weighted by atomic mass is 16.2. The predicted molar refractivity (Wildman–Crippen MR) is 104 cm³/mol. The van der Waals surface area contributed by atoms with Crippen LogP contribution in [0, 0.1) is 11.8 Å². The van der Waals surface area contributed by atoms with Gasteiger partial charge in [0, 0.05) is 51.6 Å². The van der Waals surface area contributed by atoms with Crippen LogP contribution in [-0.2, 0) is 9.59 Å². The van der Waals surface area contributed by atoms with Gasteiger partial charge in [0.15, 0.2) is 0 Å². The van der Waals surface area contributed by atoms with E-state index in [4.69, 9.17) is 0 Å². The smallest absolute Gasteiger partial charge is 0.255 e. The number of likely N-dealkylation sites (tertiary alicyclic amines) is 1. The minimum atomic E-state index is -0.0747. The minimum absolute atomic E-state index is 0.0484. The summed E-state index contributed by atoms with van der Waals surface area (Å²) in [7, 11) is 0. The average Bonchev–Trinajstić information content (AvgIpc) is 2.64. The topological polar surface area (TPSA) is 91.4 Å². The number of amides is 2. The van der Waals surface area contributed by atoms with E-state index in [0.29, 0.717) is 49.9 Å². The summed E-state index contributed by atoms with van der Waals surface area (Å²) in [6.07, 6.45) is 3.86. The lowest BCUT2D eigenvalue weighted by Gasteiger charge is -2.32. The molecule has 1 aliphatic rings. The number of hydrogen-bond acceptors (Lipinski definition) is 5. The maximum Gasteiger partial charge on any atom is 0.255 e. The number of carbonyl (C=O) groups excluding carboxylic acids is 3. The van der Waals surface area contributed by atoms with Gasteiger partial charge in [0.25, 0.3) is 5.91 Å². The van der Waals surface area contributed by atoms with Crippen LogP contribution in [0.1, 0.15) is 50.4 Å². The molecule has 7 heteroatoms. The number of carbonyl (C=O) groups is 3. The molecule has 1 atom stereocenters. The molecule has 0 spiro atoms. The maximum atomic E-state index is 12.7. The lowest BCUT2D eigenvalue weighted by atomic mass is 9.89. The van der Waals surface area contributed by atoms with Crippen molar-refractivity contribution in [3.8, 4) is 0 Å². The molecule has 2 rings (SSSR count). The molecular formula is C20H30N4O3. The van der Waals surface area contributed by atoms with Gasteiger partial charge in [-0.15, -0.1) is 0 Å². The Balaban J connectivity index is 1.88. The van der Waals surface area contributed by atoms with Crippen molar-refractivity contribution in [3.05, 3.63) is 23.9 Å². The normalized spacial score (nSPS) is 16.9.